The molecule has 3 amide bonds. The molecule has 19 heavy (non-hydrogen) atoms. The van der Waals surface area contributed by atoms with Crippen LogP contribution in [-0.4, -0.2) is 42.8 Å². The molecule has 1 atom stereocenters. The van der Waals surface area contributed by atoms with Crippen molar-refractivity contribution in [1.29, 1.82) is 0 Å². The molecule has 0 aromatic heterocycles. The van der Waals surface area contributed by atoms with Gasteiger partial charge in [0.1, 0.15) is 6.04 Å². The van der Waals surface area contributed by atoms with Crippen LogP contribution in [0.3, 0.4) is 0 Å². The van der Waals surface area contributed by atoms with Gasteiger partial charge in [0.05, 0.1) is 11.1 Å². The number of imide groups is 1. The smallest absolute Gasteiger partial charge is 0.261 e. The van der Waals surface area contributed by atoms with E-state index in [9.17, 15) is 14.4 Å². The van der Waals surface area contributed by atoms with Crippen LogP contribution >= 0.6 is 0 Å². The fourth-order valence-electron chi connectivity index (χ4n) is 1.98. The molecule has 0 spiro atoms. The first kappa shape index (κ1) is 13.1. The van der Waals surface area contributed by atoms with Gasteiger partial charge in [-0.05, 0) is 25.1 Å². The van der Waals surface area contributed by atoms with E-state index < -0.39 is 6.04 Å². The van der Waals surface area contributed by atoms with E-state index in [1.54, 1.807) is 32.2 Å². The van der Waals surface area contributed by atoms with Gasteiger partial charge < -0.3 is 10.6 Å². The molecule has 1 aromatic rings. The van der Waals surface area contributed by atoms with Crippen LogP contribution in [0.2, 0.25) is 0 Å². The first-order valence-corrected chi connectivity index (χ1v) is 5.90. The van der Waals surface area contributed by atoms with Gasteiger partial charge in [-0.3, -0.25) is 19.3 Å². The van der Waals surface area contributed by atoms with Crippen LogP contribution in [0.5, 0.6) is 0 Å². The number of fused-ring (bicyclic) bond motifs is 1. The summed E-state index contributed by atoms with van der Waals surface area (Å²) in [7, 11) is 3.01. The quantitative estimate of drug-likeness (QED) is 0.775. The highest BCUT2D eigenvalue weighted by Gasteiger charge is 2.32. The number of benzene rings is 1. The summed E-state index contributed by atoms with van der Waals surface area (Å²) < 4.78 is 0. The fraction of sp³-hybridized carbons (Fsp3) is 0.308. The van der Waals surface area contributed by atoms with Crippen molar-refractivity contribution in [3.05, 3.63) is 29.3 Å². The predicted octanol–water partition coefficient (Wildman–Crippen LogP) is 0.459. The summed E-state index contributed by atoms with van der Waals surface area (Å²) in [6, 6.07) is 4.45. The molecule has 6 nitrogen and oxygen atoms in total. The third-order valence-electron chi connectivity index (χ3n) is 3.11. The minimum absolute atomic E-state index is 0.153. The van der Waals surface area contributed by atoms with Crippen molar-refractivity contribution >= 4 is 23.4 Å². The molecule has 1 unspecified atom stereocenters. The number of anilines is 1. The Morgan fingerprint density at radius 3 is 2.47 bits per heavy atom. The molecule has 100 valence electrons. The normalized spacial score (nSPS) is 15.2. The van der Waals surface area contributed by atoms with Gasteiger partial charge in [-0.1, -0.05) is 0 Å². The summed E-state index contributed by atoms with van der Waals surface area (Å²) in [4.78, 5) is 36.0. The molecule has 0 saturated heterocycles. The highest BCUT2D eigenvalue weighted by Crippen LogP contribution is 2.24. The second kappa shape index (κ2) is 4.72. The van der Waals surface area contributed by atoms with Crippen molar-refractivity contribution in [1.82, 2.24) is 10.2 Å². The largest absolute Gasteiger partial charge is 0.374 e. The summed E-state index contributed by atoms with van der Waals surface area (Å²) in [6.07, 6.45) is 0. The molecule has 0 fully saturated rings. The van der Waals surface area contributed by atoms with Crippen LogP contribution in [-0.2, 0) is 4.79 Å². The molecule has 1 aliphatic heterocycles. The van der Waals surface area contributed by atoms with E-state index in [1.165, 1.54) is 7.05 Å². The first-order valence-electron chi connectivity index (χ1n) is 5.90. The average molecular weight is 261 g/mol. The van der Waals surface area contributed by atoms with E-state index in [0.717, 1.165) is 4.90 Å². The highest BCUT2D eigenvalue weighted by molar-refractivity contribution is 6.21. The molecule has 0 saturated carbocycles. The van der Waals surface area contributed by atoms with Crippen molar-refractivity contribution in [2.75, 3.05) is 19.4 Å². The maximum Gasteiger partial charge on any atom is 0.261 e. The number of hydrogen-bond donors (Lipinski definition) is 2. The van der Waals surface area contributed by atoms with Crippen LogP contribution < -0.4 is 10.6 Å². The first-order chi connectivity index (χ1) is 8.95. The lowest BCUT2D eigenvalue weighted by Gasteiger charge is -2.13. The minimum Gasteiger partial charge on any atom is -0.374 e. The number of hydrogen-bond acceptors (Lipinski definition) is 4. The van der Waals surface area contributed by atoms with Crippen LogP contribution in [0.25, 0.3) is 0 Å². The zero-order valence-electron chi connectivity index (χ0n) is 11.0. The molecular weight excluding hydrogens is 246 g/mol. The lowest BCUT2D eigenvalue weighted by atomic mass is 10.1. The van der Waals surface area contributed by atoms with E-state index in [1.807, 2.05) is 0 Å². The molecule has 2 N–H and O–H groups in total. The Morgan fingerprint density at radius 2 is 1.84 bits per heavy atom. The Kier molecular flexibility index (Phi) is 3.25. The molecule has 0 bridgehead atoms. The third kappa shape index (κ3) is 2.16. The number of carbonyl (C=O) groups is 3. The van der Waals surface area contributed by atoms with Gasteiger partial charge in [0.25, 0.3) is 11.8 Å². The molecule has 1 heterocycles. The van der Waals surface area contributed by atoms with Crippen LogP contribution in [0.1, 0.15) is 27.6 Å². The summed E-state index contributed by atoms with van der Waals surface area (Å²) in [5.41, 5.74) is 1.39. The van der Waals surface area contributed by atoms with Crippen molar-refractivity contribution in [3.8, 4) is 0 Å². The zero-order valence-corrected chi connectivity index (χ0v) is 11.0. The number of nitrogens with zero attached hydrogens (tertiary/aromatic N) is 1. The molecule has 0 aliphatic carbocycles. The van der Waals surface area contributed by atoms with E-state index in [2.05, 4.69) is 10.6 Å². The Balaban J connectivity index is 2.26. The molecular formula is C13H15N3O3. The Morgan fingerprint density at radius 1 is 1.21 bits per heavy atom. The number of amides is 3. The van der Waals surface area contributed by atoms with E-state index >= 15 is 0 Å². The number of rotatable bonds is 3. The standard InChI is InChI=1S/C13H15N3O3/c1-7(11(17)14-2)15-8-4-5-9-10(6-8)13(19)16(3)12(9)18/h4-7,15H,1-3H3,(H,14,17). The Bertz CT molecular complexity index is 568. The fourth-order valence-corrected chi connectivity index (χ4v) is 1.98. The van der Waals surface area contributed by atoms with Gasteiger partial charge in [-0.2, -0.15) is 0 Å². The number of likely N-dealkylation sites (N-methyl/N-ethyl adjacent to an activating group) is 1. The number of carbonyl (C=O) groups excluding carboxylic acids is 3. The second-order valence-corrected chi connectivity index (χ2v) is 4.41. The van der Waals surface area contributed by atoms with Gasteiger partial charge >= 0.3 is 0 Å². The van der Waals surface area contributed by atoms with Crippen molar-refractivity contribution in [2.24, 2.45) is 0 Å². The highest BCUT2D eigenvalue weighted by atomic mass is 16.2. The van der Waals surface area contributed by atoms with Crippen LogP contribution in [0, 0.1) is 0 Å². The van der Waals surface area contributed by atoms with E-state index in [4.69, 9.17) is 0 Å². The third-order valence-corrected chi connectivity index (χ3v) is 3.11. The van der Waals surface area contributed by atoms with Gasteiger partial charge in [0, 0.05) is 19.8 Å². The average Bonchev–Trinajstić information content (AvgIpc) is 2.63. The molecule has 6 heteroatoms. The van der Waals surface area contributed by atoms with Gasteiger partial charge in [-0.25, -0.2) is 0 Å². The second-order valence-electron chi connectivity index (χ2n) is 4.41. The minimum atomic E-state index is -0.423. The van der Waals surface area contributed by atoms with E-state index in [0.29, 0.717) is 16.8 Å². The Labute approximate surface area is 110 Å². The predicted molar refractivity (Wildman–Crippen MR) is 70.0 cm³/mol. The monoisotopic (exact) mass is 261 g/mol. The van der Waals surface area contributed by atoms with Crippen LogP contribution in [0.4, 0.5) is 5.69 Å². The summed E-state index contributed by atoms with van der Waals surface area (Å²) >= 11 is 0. The molecule has 1 aromatic carbocycles. The topological polar surface area (TPSA) is 78.5 Å². The van der Waals surface area contributed by atoms with Gasteiger partial charge in [0.2, 0.25) is 5.91 Å². The zero-order chi connectivity index (χ0) is 14.2. The van der Waals surface area contributed by atoms with Gasteiger partial charge in [-0.15, -0.1) is 0 Å². The van der Waals surface area contributed by atoms with Crippen LogP contribution in [0.15, 0.2) is 18.2 Å². The van der Waals surface area contributed by atoms with Crippen molar-refractivity contribution in [3.63, 3.8) is 0 Å². The summed E-state index contributed by atoms with van der Waals surface area (Å²) in [5, 5.41) is 5.51. The SMILES string of the molecule is CNC(=O)C(C)Nc1ccc2c(c1)C(=O)N(C)C2=O. The van der Waals surface area contributed by atoms with Crippen molar-refractivity contribution < 1.29 is 14.4 Å². The lowest BCUT2D eigenvalue weighted by molar-refractivity contribution is -0.121. The molecule has 2 rings (SSSR count). The van der Waals surface area contributed by atoms with E-state index in [-0.39, 0.29) is 17.7 Å². The maximum absolute atomic E-state index is 11.8. The summed E-state index contributed by atoms with van der Waals surface area (Å²) in [6.45, 7) is 1.71. The van der Waals surface area contributed by atoms with Crippen molar-refractivity contribution in [2.45, 2.75) is 13.0 Å². The lowest BCUT2D eigenvalue weighted by Crippen LogP contribution is -2.35. The van der Waals surface area contributed by atoms with Gasteiger partial charge in [0.15, 0.2) is 0 Å². The Hall–Kier alpha value is -2.37. The molecule has 0 radical (unpaired) electrons. The maximum atomic E-state index is 11.8. The number of nitrogens with one attached hydrogen (secondary N) is 2. The summed E-state index contributed by atoms with van der Waals surface area (Å²) in [5.74, 6) is -0.776. The molecule has 1 aliphatic rings.